The quantitative estimate of drug-likeness (QED) is 0.423. The van der Waals surface area contributed by atoms with Crippen molar-refractivity contribution in [1.29, 1.82) is 0 Å². The summed E-state index contributed by atoms with van der Waals surface area (Å²) in [6.07, 6.45) is 3.12. The molecule has 1 N–H and O–H groups in total. The van der Waals surface area contributed by atoms with Crippen LogP contribution < -0.4 is 5.32 Å². The van der Waals surface area contributed by atoms with Gasteiger partial charge in [0, 0.05) is 0 Å². The second-order valence-electron chi connectivity index (χ2n) is 5.62. The zero-order chi connectivity index (χ0) is 18.6. The third kappa shape index (κ3) is 3.65. The van der Waals surface area contributed by atoms with Gasteiger partial charge in [-0.3, -0.25) is 4.79 Å². The fourth-order valence-corrected chi connectivity index (χ4v) is 3.34. The van der Waals surface area contributed by atoms with Crippen molar-refractivity contribution in [2.24, 2.45) is 0 Å². The molecule has 8 heteroatoms. The topological polar surface area (TPSA) is 72.7 Å². The molecule has 134 valence electrons. The zero-order valence-corrected chi connectivity index (χ0v) is 14.9. The Labute approximate surface area is 158 Å². The van der Waals surface area contributed by atoms with E-state index in [1.54, 1.807) is 23.0 Å². The molecule has 2 aromatic heterocycles. The van der Waals surface area contributed by atoms with Gasteiger partial charge in [0.25, 0.3) is 0 Å². The van der Waals surface area contributed by atoms with Gasteiger partial charge in [0.1, 0.15) is 17.2 Å². The van der Waals surface area contributed by atoms with E-state index in [-0.39, 0.29) is 17.3 Å². The largest absolute Gasteiger partial charge is 0.323 e. The summed E-state index contributed by atoms with van der Waals surface area (Å²) in [5.41, 5.74) is 1.71. The van der Waals surface area contributed by atoms with Gasteiger partial charge in [-0.1, -0.05) is 42.1 Å². The molecule has 0 aliphatic heterocycles. The summed E-state index contributed by atoms with van der Waals surface area (Å²) in [5, 5.41) is 8.34. The van der Waals surface area contributed by atoms with E-state index in [0.717, 1.165) is 11.1 Å². The Morgan fingerprint density at radius 3 is 2.67 bits per heavy atom. The van der Waals surface area contributed by atoms with Gasteiger partial charge in [-0.05, 0) is 24.3 Å². The SMILES string of the molecule is O=C(CSc1ncnc2c1cnn2-c1ccccc1)Nc1ccccc1F. The molecule has 0 saturated heterocycles. The van der Waals surface area contributed by atoms with Crippen molar-refractivity contribution in [2.45, 2.75) is 5.03 Å². The summed E-state index contributed by atoms with van der Waals surface area (Å²) in [6.45, 7) is 0. The van der Waals surface area contributed by atoms with Gasteiger partial charge in [-0.15, -0.1) is 0 Å². The molecule has 0 aliphatic rings. The minimum atomic E-state index is -0.468. The maximum Gasteiger partial charge on any atom is 0.234 e. The molecule has 0 unspecified atom stereocenters. The molecule has 0 atom stereocenters. The average Bonchev–Trinajstić information content (AvgIpc) is 3.13. The monoisotopic (exact) mass is 379 g/mol. The van der Waals surface area contributed by atoms with Crippen LogP contribution in [0.3, 0.4) is 0 Å². The van der Waals surface area contributed by atoms with Crippen LogP contribution in [-0.2, 0) is 4.79 Å². The van der Waals surface area contributed by atoms with Crippen LogP contribution in [0, 0.1) is 5.82 Å². The molecule has 0 saturated carbocycles. The van der Waals surface area contributed by atoms with Crippen molar-refractivity contribution in [3.8, 4) is 5.69 Å². The molecule has 6 nitrogen and oxygen atoms in total. The molecular weight excluding hydrogens is 365 g/mol. The first-order chi connectivity index (χ1) is 13.2. The molecule has 0 fully saturated rings. The summed E-state index contributed by atoms with van der Waals surface area (Å²) in [5.74, 6) is -0.687. The number of carbonyl (C=O) groups excluding carboxylic acids is 1. The smallest absolute Gasteiger partial charge is 0.234 e. The van der Waals surface area contributed by atoms with Crippen molar-refractivity contribution >= 4 is 34.4 Å². The van der Waals surface area contributed by atoms with Gasteiger partial charge in [-0.2, -0.15) is 5.10 Å². The first kappa shape index (κ1) is 17.2. The highest BCUT2D eigenvalue weighted by Crippen LogP contribution is 2.26. The van der Waals surface area contributed by atoms with Crippen LogP contribution in [-0.4, -0.2) is 31.4 Å². The number of amides is 1. The predicted octanol–water partition coefficient (Wildman–Crippen LogP) is 3.69. The Balaban J connectivity index is 1.52. The number of nitrogens with one attached hydrogen (secondary N) is 1. The normalized spacial score (nSPS) is 10.9. The molecule has 0 bridgehead atoms. The lowest BCUT2D eigenvalue weighted by Gasteiger charge is -2.06. The van der Waals surface area contributed by atoms with Crippen LogP contribution in [0.1, 0.15) is 0 Å². The van der Waals surface area contributed by atoms with Crippen molar-refractivity contribution in [2.75, 3.05) is 11.1 Å². The fraction of sp³-hybridized carbons (Fsp3) is 0.0526. The number of anilines is 1. The minimum absolute atomic E-state index is 0.0942. The Kier molecular flexibility index (Phi) is 4.80. The van der Waals surface area contributed by atoms with Crippen molar-refractivity contribution in [3.63, 3.8) is 0 Å². The number of benzene rings is 2. The molecule has 4 aromatic rings. The maximum absolute atomic E-state index is 13.6. The highest BCUT2D eigenvalue weighted by atomic mass is 32.2. The van der Waals surface area contributed by atoms with Crippen LogP contribution in [0.25, 0.3) is 16.7 Å². The third-order valence-electron chi connectivity index (χ3n) is 3.82. The molecule has 2 aromatic carbocycles. The fourth-order valence-electron chi connectivity index (χ4n) is 2.58. The first-order valence-corrected chi connectivity index (χ1v) is 9.12. The van der Waals surface area contributed by atoms with Gasteiger partial charge in [0.05, 0.1) is 28.7 Å². The summed E-state index contributed by atoms with van der Waals surface area (Å²) in [6, 6.07) is 15.7. The summed E-state index contributed by atoms with van der Waals surface area (Å²) in [7, 11) is 0. The van der Waals surface area contributed by atoms with E-state index in [1.807, 2.05) is 30.3 Å². The molecule has 27 heavy (non-hydrogen) atoms. The molecule has 2 heterocycles. The number of rotatable bonds is 5. The van der Waals surface area contributed by atoms with Crippen LogP contribution in [0.2, 0.25) is 0 Å². The Bertz CT molecular complexity index is 1100. The molecule has 0 aliphatic carbocycles. The lowest BCUT2D eigenvalue weighted by atomic mass is 10.3. The van der Waals surface area contributed by atoms with Gasteiger partial charge in [0.15, 0.2) is 5.65 Å². The van der Waals surface area contributed by atoms with Crippen molar-refractivity contribution < 1.29 is 9.18 Å². The Morgan fingerprint density at radius 1 is 1.07 bits per heavy atom. The van der Waals surface area contributed by atoms with Crippen LogP contribution in [0.15, 0.2) is 72.1 Å². The highest BCUT2D eigenvalue weighted by molar-refractivity contribution is 8.00. The van der Waals surface area contributed by atoms with Crippen molar-refractivity contribution in [1.82, 2.24) is 19.7 Å². The number of para-hydroxylation sites is 2. The van der Waals surface area contributed by atoms with E-state index in [0.29, 0.717) is 10.7 Å². The molecule has 0 spiro atoms. The standard InChI is InChI=1S/C19H14FN5OS/c20-15-8-4-5-9-16(15)24-17(26)11-27-19-14-10-23-25(18(14)21-12-22-19)13-6-2-1-3-7-13/h1-10,12H,11H2,(H,24,26). The molecule has 4 rings (SSSR count). The number of halogens is 1. The number of carbonyl (C=O) groups is 1. The van der Waals surface area contributed by atoms with Crippen LogP contribution in [0.4, 0.5) is 10.1 Å². The predicted molar refractivity (Wildman–Crippen MR) is 102 cm³/mol. The van der Waals surface area contributed by atoms with Crippen molar-refractivity contribution in [3.05, 3.63) is 72.9 Å². The number of fused-ring (bicyclic) bond motifs is 1. The summed E-state index contributed by atoms with van der Waals surface area (Å²) < 4.78 is 15.4. The highest BCUT2D eigenvalue weighted by Gasteiger charge is 2.13. The second kappa shape index (κ2) is 7.55. The van der Waals surface area contributed by atoms with E-state index in [2.05, 4.69) is 20.4 Å². The van der Waals surface area contributed by atoms with Gasteiger partial charge in [-0.25, -0.2) is 19.0 Å². The molecule has 0 radical (unpaired) electrons. The minimum Gasteiger partial charge on any atom is -0.323 e. The molecule has 1 amide bonds. The first-order valence-electron chi connectivity index (χ1n) is 8.14. The number of nitrogens with zero attached hydrogens (tertiary/aromatic N) is 4. The lowest BCUT2D eigenvalue weighted by molar-refractivity contribution is -0.113. The maximum atomic E-state index is 13.6. The van der Waals surface area contributed by atoms with Gasteiger partial charge >= 0.3 is 0 Å². The summed E-state index contributed by atoms with van der Waals surface area (Å²) >= 11 is 1.25. The Hall–Kier alpha value is -3.26. The Morgan fingerprint density at radius 2 is 1.85 bits per heavy atom. The van der Waals surface area contributed by atoms with Gasteiger partial charge in [0.2, 0.25) is 5.91 Å². The van der Waals surface area contributed by atoms with Crippen LogP contribution >= 0.6 is 11.8 Å². The second-order valence-corrected chi connectivity index (χ2v) is 6.59. The van der Waals surface area contributed by atoms with Crippen LogP contribution in [0.5, 0.6) is 0 Å². The van der Waals surface area contributed by atoms with E-state index in [4.69, 9.17) is 0 Å². The number of hydrogen-bond acceptors (Lipinski definition) is 5. The van der Waals surface area contributed by atoms with E-state index < -0.39 is 5.82 Å². The van der Waals surface area contributed by atoms with E-state index in [1.165, 1.54) is 30.2 Å². The van der Waals surface area contributed by atoms with E-state index >= 15 is 0 Å². The van der Waals surface area contributed by atoms with Gasteiger partial charge < -0.3 is 5.32 Å². The summed E-state index contributed by atoms with van der Waals surface area (Å²) in [4.78, 5) is 20.7. The third-order valence-corrected chi connectivity index (χ3v) is 4.82. The van der Waals surface area contributed by atoms with E-state index in [9.17, 15) is 9.18 Å². The average molecular weight is 379 g/mol. The lowest BCUT2D eigenvalue weighted by Crippen LogP contribution is -2.15. The number of hydrogen-bond donors (Lipinski definition) is 1. The number of aromatic nitrogens is 4. The molecular formula is C19H14FN5OS. The number of thioether (sulfide) groups is 1. The zero-order valence-electron chi connectivity index (χ0n) is 14.0.